The van der Waals surface area contributed by atoms with E-state index in [4.69, 9.17) is 17.0 Å². The number of benzene rings is 2. The van der Waals surface area contributed by atoms with Crippen molar-refractivity contribution in [3.63, 3.8) is 0 Å². The van der Waals surface area contributed by atoms with Crippen LogP contribution in [0, 0.1) is 4.77 Å². The molecule has 2 aromatic carbocycles. The Balaban J connectivity index is 1.92. The van der Waals surface area contributed by atoms with E-state index in [1.807, 2.05) is 41.1 Å². The first kappa shape index (κ1) is 17.5. The van der Waals surface area contributed by atoms with E-state index in [0.29, 0.717) is 10.7 Å². The number of H-pyrrole nitrogens is 1. The maximum absolute atomic E-state index is 5.46. The number of fused-ring (bicyclic) bond motifs is 1. The van der Waals surface area contributed by atoms with Gasteiger partial charge in [0.25, 0.3) is 0 Å². The average molecular weight is 375 g/mol. The van der Waals surface area contributed by atoms with Crippen LogP contribution in [-0.2, 0) is 0 Å². The molecule has 0 radical (unpaired) electrons. The van der Waals surface area contributed by atoms with E-state index in [9.17, 15) is 0 Å². The van der Waals surface area contributed by atoms with E-state index in [1.165, 1.54) is 11.1 Å². The third-order valence-electron chi connectivity index (χ3n) is 4.79. The van der Waals surface area contributed by atoms with Crippen LogP contribution in [0.1, 0.15) is 25.3 Å². The van der Waals surface area contributed by atoms with Crippen molar-refractivity contribution in [2.24, 2.45) is 0 Å². The van der Waals surface area contributed by atoms with Crippen LogP contribution in [-0.4, -0.2) is 21.5 Å². The fourth-order valence-electron chi connectivity index (χ4n) is 3.37. The molecule has 0 aliphatic rings. The van der Waals surface area contributed by atoms with Crippen LogP contribution < -0.4 is 4.74 Å². The van der Waals surface area contributed by atoms with Crippen molar-refractivity contribution in [1.82, 2.24) is 14.4 Å². The molecule has 0 saturated heterocycles. The molecule has 0 atom stereocenters. The molecule has 4 rings (SSSR count). The summed E-state index contributed by atoms with van der Waals surface area (Å²) in [6.07, 6.45) is 3.87. The third-order valence-corrected chi connectivity index (χ3v) is 5.09. The molecular formula is C22H21N3OS. The first-order valence-corrected chi connectivity index (χ1v) is 9.33. The zero-order valence-electron chi connectivity index (χ0n) is 15.6. The van der Waals surface area contributed by atoms with Gasteiger partial charge in [-0.15, -0.1) is 0 Å². The number of hydrogen-bond donors (Lipinski definition) is 1. The van der Waals surface area contributed by atoms with Gasteiger partial charge in [0.2, 0.25) is 4.77 Å². The van der Waals surface area contributed by atoms with Crippen LogP contribution >= 0.6 is 12.2 Å². The van der Waals surface area contributed by atoms with Gasteiger partial charge >= 0.3 is 0 Å². The van der Waals surface area contributed by atoms with Gasteiger partial charge in [0.1, 0.15) is 11.4 Å². The number of hydrogen-bond acceptors (Lipinski definition) is 3. The molecule has 1 N–H and O–H groups in total. The molecule has 0 bridgehead atoms. The first-order chi connectivity index (χ1) is 13.1. The number of nitrogens with one attached hydrogen (secondary N) is 1. The van der Waals surface area contributed by atoms with E-state index in [0.717, 1.165) is 28.2 Å². The van der Waals surface area contributed by atoms with Crippen LogP contribution in [0.3, 0.4) is 0 Å². The Kier molecular flexibility index (Phi) is 4.54. The molecule has 0 saturated carbocycles. The van der Waals surface area contributed by atoms with Crippen LogP contribution in [0.15, 0.2) is 60.9 Å². The van der Waals surface area contributed by atoms with Gasteiger partial charge in [0.15, 0.2) is 0 Å². The van der Waals surface area contributed by atoms with Crippen molar-refractivity contribution in [3.05, 3.63) is 71.3 Å². The molecule has 136 valence electrons. The second-order valence-electron chi connectivity index (χ2n) is 6.81. The molecule has 0 aliphatic carbocycles. The summed E-state index contributed by atoms with van der Waals surface area (Å²) in [7, 11) is 1.67. The van der Waals surface area contributed by atoms with Gasteiger partial charge in [-0.3, -0.25) is 4.40 Å². The average Bonchev–Trinajstić information content (AvgIpc) is 3.14. The number of aromatic amines is 1. The second-order valence-corrected chi connectivity index (χ2v) is 7.18. The molecule has 2 heterocycles. The van der Waals surface area contributed by atoms with Gasteiger partial charge < -0.3 is 9.72 Å². The minimum Gasteiger partial charge on any atom is -0.497 e. The normalized spacial score (nSPS) is 11.3. The van der Waals surface area contributed by atoms with Crippen LogP contribution in [0.2, 0.25) is 0 Å². The topological polar surface area (TPSA) is 42.3 Å². The highest BCUT2D eigenvalue weighted by molar-refractivity contribution is 7.71. The lowest BCUT2D eigenvalue weighted by molar-refractivity contribution is 0.415. The van der Waals surface area contributed by atoms with Crippen LogP contribution in [0.4, 0.5) is 0 Å². The Morgan fingerprint density at radius 3 is 2.48 bits per heavy atom. The molecule has 0 unspecified atom stereocenters. The predicted molar refractivity (Wildman–Crippen MR) is 112 cm³/mol. The lowest BCUT2D eigenvalue weighted by atomic mass is 9.96. The van der Waals surface area contributed by atoms with Crippen LogP contribution in [0.25, 0.3) is 28.0 Å². The smallest absolute Gasteiger partial charge is 0.205 e. The Labute approximate surface area is 163 Å². The van der Waals surface area contributed by atoms with Gasteiger partial charge in [0, 0.05) is 23.5 Å². The maximum Gasteiger partial charge on any atom is 0.205 e. The van der Waals surface area contributed by atoms with Gasteiger partial charge in [-0.1, -0.05) is 50.2 Å². The molecule has 2 aromatic heterocycles. The summed E-state index contributed by atoms with van der Waals surface area (Å²) < 4.78 is 7.74. The highest BCUT2D eigenvalue weighted by Crippen LogP contribution is 2.31. The summed E-state index contributed by atoms with van der Waals surface area (Å²) in [5, 5.41) is 0. The van der Waals surface area contributed by atoms with Crippen molar-refractivity contribution in [2.45, 2.75) is 19.8 Å². The monoisotopic (exact) mass is 375 g/mol. The number of ether oxygens (including phenoxy) is 1. The number of methoxy groups -OCH3 is 1. The quantitative estimate of drug-likeness (QED) is 0.454. The second kappa shape index (κ2) is 7.00. The van der Waals surface area contributed by atoms with Gasteiger partial charge in [0.05, 0.1) is 12.8 Å². The van der Waals surface area contributed by atoms with E-state index in [-0.39, 0.29) is 0 Å². The molecular weight excluding hydrogens is 354 g/mol. The zero-order chi connectivity index (χ0) is 19.0. The summed E-state index contributed by atoms with van der Waals surface area (Å²) in [6.45, 7) is 4.41. The number of nitrogens with zero attached hydrogens (tertiary/aromatic N) is 2. The summed E-state index contributed by atoms with van der Waals surface area (Å²) in [6, 6.07) is 16.4. The fraction of sp³-hybridized carbons (Fsp3) is 0.182. The summed E-state index contributed by atoms with van der Waals surface area (Å²) in [5.74, 6) is 1.26. The first-order valence-electron chi connectivity index (χ1n) is 8.92. The molecule has 0 amide bonds. The summed E-state index contributed by atoms with van der Waals surface area (Å²) in [4.78, 5) is 7.99. The van der Waals surface area contributed by atoms with E-state index < -0.39 is 0 Å². The lowest BCUT2D eigenvalue weighted by Gasteiger charge is -2.10. The standard InChI is InChI=1S/C22H21N3OS/c1-14(2)17-6-4-5-7-18(17)20-13-25-21(24-20)19(12-23-22(25)27)15-8-10-16(26-3)11-9-15/h4-14,24H,1-3H3. The van der Waals surface area contributed by atoms with E-state index in [1.54, 1.807) is 7.11 Å². The van der Waals surface area contributed by atoms with Crippen molar-refractivity contribution in [2.75, 3.05) is 7.11 Å². The molecule has 4 nitrogen and oxygen atoms in total. The minimum atomic E-state index is 0.430. The highest BCUT2D eigenvalue weighted by Gasteiger charge is 2.13. The zero-order valence-corrected chi connectivity index (χ0v) is 16.4. The van der Waals surface area contributed by atoms with Gasteiger partial charge in [-0.05, 0) is 41.4 Å². The molecule has 0 aliphatic heterocycles. The fourth-order valence-corrected chi connectivity index (χ4v) is 3.57. The molecule has 4 aromatic rings. The maximum atomic E-state index is 5.46. The Bertz CT molecular complexity index is 1160. The van der Waals surface area contributed by atoms with E-state index >= 15 is 0 Å². The van der Waals surface area contributed by atoms with Gasteiger partial charge in [-0.25, -0.2) is 4.98 Å². The molecule has 27 heavy (non-hydrogen) atoms. The molecule has 0 fully saturated rings. The molecule has 0 spiro atoms. The van der Waals surface area contributed by atoms with Gasteiger partial charge in [-0.2, -0.15) is 0 Å². The third kappa shape index (κ3) is 3.15. The van der Waals surface area contributed by atoms with Crippen molar-refractivity contribution in [3.8, 4) is 28.1 Å². The van der Waals surface area contributed by atoms with Crippen molar-refractivity contribution in [1.29, 1.82) is 0 Å². The highest BCUT2D eigenvalue weighted by atomic mass is 32.1. The minimum absolute atomic E-state index is 0.430. The summed E-state index contributed by atoms with van der Waals surface area (Å²) >= 11 is 5.46. The van der Waals surface area contributed by atoms with Crippen molar-refractivity contribution < 1.29 is 4.74 Å². The van der Waals surface area contributed by atoms with Crippen LogP contribution in [0.5, 0.6) is 5.75 Å². The Morgan fingerprint density at radius 1 is 1.04 bits per heavy atom. The summed E-state index contributed by atoms with van der Waals surface area (Å²) in [5.41, 5.74) is 6.52. The number of aromatic nitrogens is 3. The van der Waals surface area contributed by atoms with Crippen molar-refractivity contribution >= 4 is 17.9 Å². The number of imidazole rings is 1. The molecule has 5 heteroatoms. The SMILES string of the molecule is COc1ccc(-c2cnc(=S)n3cc(-c4ccccc4C(C)C)[nH]c23)cc1. The Morgan fingerprint density at radius 2 is 1.78 bits per heavy atom. The largest absolute Gasteiger partial charge is 0.497 e. The number of rotatable bonds is 4. The predicted octanol–water partition coefficient (Wildman–Crippen LogP) is 5.86. The lowest BCUT2D eigenvalue weighted by Crippen LogP contribution is -1.92. The Hall–Kier alpha value is -2.92. The van der Waals surface area contributed by atoms with E-state index in [2.05, 4.69) is 48.1 Å².